The molecule has 152 valence electrons. The molecule has 1 saturated heterocycles. The zero-order valence-electron chi connectivity index (χ0n) is 15.9. The molecule has 0 unspecified atom stereocenters. The lowest BCUT2D eigenvalue weighted by atomic mass is 9.91. The van der Waals surface area contributed by atoms with Crippen molar-refractivity contribution in [3.05, 3.63) is 52.5 Å². The van der Waals surface area contributed by atoms with Gasteiger partial charge in [0.1, 0.15) is 17.9 Å². The van der Waals surface area contributed by atoms with Crippen molar-refractivity contribution in [1.82, 2.24) is 10.2 Å². The highest BCUT2D eigenvalue weighted by atomic mass is 79.9. The number of imide groups is 1. The molecule has 29 heavy (non-hydrogen) atoms. The summed E-state index contributed by atoms with van der Waals surface area (Å²) in [6.45, 7) is 3.18. The Morgan fingerprint density at radius 3 is 2.72 bits per heavy atom. The van der Waals surface area contributed by atoms with E-state index in [4.69, 9.17) is 14.2 Å². The van der Waals surface area contributed by atoms with Crippen LogP contribution in [0.5, 0.6) is 17.2 Å². The van der Waals surface area contributed by atoms with E-state index in [0.29, 0.717) is 36.0 Å². The summed E-state index contributed by atoms with van der Waals surface area (Å²) in [6, 6.07) is 12.3. The molecule has 1 fully saturated rings. The van der Waals surface area contributed by atoms with E-state index in [0.717, 1.165) is 10.9 Å². The third-order valence-electron chi connectivity index (χ3n) is 4.98. The predicted molar refractivity (Wildman–Crippen MR) is 109 cm³/mol. The third-order valence-corrected chi connectivity index (χ3v) is 5.47. The molecule has 0 aromatic heterocycles. The number of nitrogens with zero attached hydrogens (tertiary/aromatic N) is 1. The van der Waals surface area contributed by atoms with Gasteiger partial charge < -0.3 is 19.5 Å². The molecule has 0 saturated carbocycles. The van der Waals surface area contributed by atoms with Crippen molar-refractivity contribution >= 4 is 27.9 Å². The lowest BCUT2D eigenvalue weighted by Gasteiger charge is -2.23. The molecule has 2 aliphatic heterocycles. The maximum absolute atomic E-state index is 13.1. The summed E-state index contributed by atoms with van der Waals surface area (Å²) in [5.41, 5.74) is -0.520. The average molecular weight is 461 g/mol. The van der Waals surface area contributed by atoms with Crippen molar-refractivity contribution in [1.29, 1.82) is 0 Å². The smallest absolute Gasteiger partial charge is 0.325 e. The summed E-state index contributed by atoms with van der Waals surface area (Å²) in [5, 5.41) is 2.80. The van der Waals surface area contributed by atoms with Crippen LogP contribution >= 0.6 is 15.9 Å². The normalized spacial score (nSPS) is 21.0. The fourth-order valence-electron chi connectivity index (χ4n) is 3.38. The second-order valence-corrected chi connectivity index (χ2v) is 7.95. The molecule has 2 aromatic carbocycles. The maximum atomic E-state index is 13.1. The van der Waals surface area contributed by atoms with Crippen molar-refractivity contribution in [3.8, 4) is 17.2 Å². The van der Waals surface area contributed by atoms with Crippen LogP contribution in [0, 0.1) is 0 Å². The Labute approximate surface area is 177 Å². The topological polar surface area (TPSA) is 77.1 Å². The lowest BCUT2D eigenvalue weighted by molar-refractivity contribution is -0.131. The summed E-state index contributed by atoms with van der Waals surface area (Å²) >= 11 is 3.38. The number of nitrogens with one attached hydrogen (secondary N) is 1. The van der Waals surface area contributed by atoms with Crippen molar-refractivity contribution in [3.63, 3.8) is 0 Å². The first-order valence-corrected chi connectivity index (χ1v) is 10.2. The van der Waals surface area contributed by atoms with Crippen molar-refractivity contribution in [2.24, 2.45) is 0 Å². The van der Waals surface area contributed by atoms with E-state index in [1.807, 2.05) is 24.3 Å². The van der Waals surface area contributed by atoms with E-state index in [1.54, 1.807) is 25.1 Å². The highest BCUT2D eigenvalue weighted by molar-refractivity contribution is 9.10. The van der Waals surface area contributed by atoms with Gasteiger partial charge in [-0.2, -0.15) is 0 Å². The van der Waals surface area contributed by atoms with Gasteiger partial charge in [0.25, 0.3) is 5.91 Å². The Bertz CT molecular complexity index is 950. The van der Waals surface area contributed by atoms with E-state index in [-0.39, 0.29) is 19.1 Å². The average Bonchev–Trinajstić information content (AvgIpc) is 2.86. The van der Waals surface area contributed by atoms with Crippen molar-refractivity contribution in [2.45, 2.75) is 18.9 Å². The molecule has 1 atom stereocenters. The van der Waals surface area contributed by atoms with Gasteiger partial charge in [0.05, 0.1) is 19.8 Å². The molecular formula is C21H21BrN2O5. The third kappa shape index (κ3) is 3.89. The van der Waals surface area contributed by atoms with Crippen molar-refractivity contribution in [2.75, 3.05) is 26.4 Å². The molecule has 1 N–H and O–H groups in total. The lowest BCUT2D eigenvalue weighted by Crippen LogP contribution is -2.41. The maximum Gasteiger partial charge on any atom is 0.325 e. The minimum Gasteiger partial charge on any atom is -0.492 e. The molecule has 0 radical (unpaired) electrons. The minimum absolute atomic E-state index is 0.150. The molecular weight excluding hydrogens is 440 g/mol. The summed E-state index contributed by atoms with van der Waals surface area (Å²) < 4.78 is 17.9. The van der Waals surface area contributed by atoms with Gasteiger partial charge in [-0.05, 0) is 42.8 Å². The highest BCUT2D eigenvalue weighted by Gasteiger charge is 2.49. The Kier molecular flexibility index (Phi) is 5.36. The molecule has 2 aromatic rings. The van der Waals surface area contributed by atoms with Gasteiger partial charge in [0.15, 0.2) is 11.5 Å². The number of carbonyl (C=O) groups is 2. The number of urea groups is 1. The Morgan fingerprint density at radius 2 is 1.93 bits per heavy atom. The largest absolute Gasteiger partial charge is 0.492 e. The molecule has 0 aliphatic carbocycles. The number of carbonyl (C=O) groups excluding carboxylic acids is 2. The monoisotopic (exact) mass is 460 g/mol. The van der Waals surface area contributed by atoms with Gasteiger partial charge in [-0.15, -0.1) is 0 Å². The van der Waals surface area contributed by atoms with Crippen LogP contribution in [0.2, 0.25) is 0 Å². The van der Waals surface area contributed by atoms with Crippen LogP contribution in [-0.2, 0) is 10.3 Å². The van der Waals surface area contributed by atoms with Crippen molar-refractivity contribution < 1.29 is 23.8 Å². The van der Waals surface area contributed by atoms with E-state index < -0.39 is 11.6 Å². The van der Waals surface area contributed by atoms with Gasteiger partial charge in [-0.3, -0.25) is 9.69 Å². The van der Waals surface area contributed by atoms with E-state index >= 15 is 0 Å². The Hall–Kier alpha value is -2.74. The second-order valence-electron chi connectivity index (χ2n) is 7.03. The van der Waals surface area contributed by atoms with Crippen LogP contribution in [-0.4, -0.2) is 43.2 Å². The first kappa shape index (κ1) is 19.6. The fraction of sp³-hybridized carbons (Fsp3) is 0.333. The molecule has 4 rings (SSSR count). The molecule has 0 spiro atoms. The summed E-state index contributed by atoms with van der Waals surface area (Å²) in [6.07, 6.45) is 0.794. The number of ether oxygens (including phenoxy) is 3. The first-order chi connectivity index (χ1) is 14.0. The van der Waals surface area contributed by atoms with Gasteiger partial charge in [-0.25, -0.2) is 4.79 Å². The summed E-state index contributed by atoms with van der Waals surface area (Å²) in [4.78, 5) is 26.7. The number of amides is 3. The first-order valence-electron chi connectivity index (χ1n) is 9.40. The molecule has 0 bridgehead atoms. The summed E-state index contributed by atoms with van der Waals surface area (Å²) in [7, 11) is 0. The van der Waals surface area contributed by atoms with E-state index in [1.165, 1.54) is 4.90 Å². The number of fused-ring (bicyclic) bond motifs is 1. The highest BCUT2D eigenvalue weighted by Crippen LogP contribution is 2.36. The number of hydrogen-bond donors (Lipinski definition) is 1. The molecule has 8 heteroatoms. The molecule has 2 heterocycles. The SMILES string of the molecule is C[C@]1(c2ccc3c(c2)OCCCO3)NC(=O)N(CCOc2cccc(Br)c2)C1=O. The minimum atomic E-state index is -1.17. The van der Waals surface area contributed by atoms with Crippen LogP contribution in [0.4, 0.5) is 4.79 Å². The van der Waals surface area contributed by atoms with Gasteiger partial charge in [0, 0.05) is 10.9 Å². The number of rotatable bonds is 5. The Balaban J connectivity index is 1.47. The zero-order valence-corrected chi connectivity index (χ0v) is 17.5. The zero-order chi connectivity index (χ0) is 20.4. The van der Waals surface area contributed by atoms with Crippen LogP contribution in [0.3, 0.4) is 0 Å². The quantitative estimate of drug-likeness (QED) is 0.691. The van der Waals surface area contributed by atoms with Crippen LogP contribution in [0.15, 0.2) is 46.9 Å². The van der Waals surface area contributed by atoms with Crippen LogP contribution in [0.25, 0.3) is 0 Å². The summed E-state index contributed by atoms with van der Waals surface area (Å²) in [5.74, 6) is 1.57. The van der Waals surface area contributed by atoms with Gasteiger partial charge in [-0.1, -0.05) is 28.1 Å². The fourth-order valence-corrected chi connectivity index (χ4v) is 3.76. The molecule has 2 aliphatic rings. The predicted octanol–water partition coefficient (Wildman–Crippen LogP) is 3.46. The van der Waals surface area contributed by atoms with Crippen LogP contribution < -0.4 is 19.5 Å². The van der Waals surface area contributed by atoms with Gasteiger partial charge in [0.2, 0.25) is 0 Å². The number of benzene rings is 2. The van der Waals surface area contributed by atoms with Gasteiger partial charge >= 0.3 is 6.03 Å². The second kappa shape index (κ2) is 7.94. The number of halogens is 1. The molecule has 7 nitrogen and oxygen atoms in total. The van der Waals surface area contributed by atoms with E-state index in [9.17, 15) is 9.59 Å². The molecule has 3 amide bonds. The number of hydrogen-bond acceptors (Lipinski definition) is 5. The van der Waals surface area contributed by atoms with Crippen LogP contribution in [0.1, 0.15) is 18.9 Å². The Morgan fingerprint density at radius 1 is 1.14 bits per heavy atom. The van der Waals surface area contributed by atoms with E-state index in [2.05, 4.69) is 21.2 Å². The standard InChI is InChI=1S/C21H21BrN2O5/c1-21(14-6-7-17-18(12-14)29-10-3-9-28-17)19(25)24(20(26)23-21)8-11-27-16-5-2-4-15(22)13-16/h2,4-7,12-13H,3,8-11H2,1H3,(H,23,26)/t21-/m1/s1.